The summed E-state index contributed by atoms with van der Waals surface area (Å²) in [5, 5.41) is 4.06. The van der Waals surface area contributed by atoms with Crippen LogP contribution in [0.25, 0.3) is 22.0 Å². The standard InChI is InChI=1S/C24H22N2O2/c1-17-12-13-19(21-15-26(2)23-11-7-6-10-20(21)23)14-22(17)25-24(27)28-16-18-8-4-3-5-9-18/h3-15H,16H2,1-2H3,(H,25,27). The van der Waals surface area contributed by atoms with E-state index in [1.807, 2.05) is 68.6 Å². The van der Waals surface area contributed by atoms with Gasteiger partial charge in [-0.1, -0.05) is 60.7 Å². The minimum Gasteiger partial charge on any atom is -0.444 e. The Labute approximate surface area is 164 Å². The van der Waals surface area contributed by atoms with Crippen LogP contribution < -0.4 is 5.32 Å². The molecule has 4 heteroatoms. The van der Waals surface area contributed by atoms with Gasteiger partial charge in [0.1, 0.15) is 6.61 Å². The molecule has 4 rings (SSSR count). The van der Waals surface area contributed by atoms with Crippen LogP contribution in [0.1, 0.15) is 11.1 Å². The molecule has 28 heavy (non-hydrogen) atoms. The fourth-order valence-corrected chi connectivity index (χ4v) is 3.37. The number of nitrogens with zero attached hydrogens (tertiary/aromatic N) is 1. The van der Waals surface area contributed by atoms with E-state index in [0.717, 1.165) is 27.9 Å². The second-order valence-electron chi connectivity index (χ2n) is 6.89. The van der Waals surface area contributed by atoms with Gasteiger partial charge in [0.15, 0.2) is 0 Å². The third kappa shape index (κ3) is 3.62. The molecule has 0 fully saturated rings. The van der Waals surface area contributed by atoms with E-state index in [4.69, 9.17) is 4.74 Å². The number of nitrogens with one attached hydrogen (secondary N) is 1. The SMILES string of the molecule is Cc1ccc(-c2cn(C)c3ccccc23)cc1NC(=O)OCc1ccccc1. The average molecular weight is 370 g/mol. The number of anilines is 1. The summed E-state index contributed by atoms with van der Waals surface area (Å²) in [7, 11) is 2.04. The lowest BCUT2D eigenvalue weighted by molar-refractivity contribution is 0.155. The van der Waals surface area contributed by atoms with Crippen LogP contribution in [0.3, 0.4) is 0 Å². The number of ether oxygens (including phenoxy) is 1. The number of aryl methyl sites for hydroxylation is 2. The van der Waals surface area contributed by atoms with Crippen molar-refractivity contribution in [3.05, 3.63) is 90.1 Å². The van der Waals surface area contributed by atoms with Crippen LogP contribution in [0.5, 0.6) is 0 Å². The van der Waals surface area contributed by atoms with E-state index in [1.54, 1.807) is 0 Å². The summed E-state index contributed by atoms with van der Waals surface area (Å²) in [6.45, 7) is 2.22. The van der Waals surface area contributed by atoms with Crippen molar-refractivity contribution in [1.29, 1.82) is 0 Å². The number of rotatable bonds is 4. The first-order chi connectivity index (χ1) is 13.6. The van der Waals surface area contributed by atoms with Crippen molar-refractivity contribution in [3.8, 4) is 11.1 Å². The Morgan fingerprint density at radius 1 is 1.00 bits per heavy atom. The predicted octanol–water partition coefficient (Wildman–Crippen LogP) is 5.90. The largest absolute Gasteiger partial charge is 0.444 e. The Morgan fingerprint density at radius 2 is 1.75 bits per heavy atom. The fourth-order valence-electron chi connectivity index (χ4n) is 3.37. The number of carbonyl (C=O) groups is 1. The van der Waals surface area contributed by atoms with Gasteiger partial charge in [0.25, 0.3) is 0 Å². The summed E-state index contributed by atoms with van der Waals surface area (Å²) in [4.78, 5) is 12.3. The number of amides is 1. The molecular weight excluding hydrogens is 348 g/mol. The van der Waals surface area contributed by atoms with E-state index in [0.29, 0.717) is 0 Å². The number of carbonyl (C=O) groups excluding carboxylic acids is 1. The molecule has 140 valence electrons. The Hall–Kier alpha value is -3.53. The molecule has 0 radical (unpaired) electrons. The molecule has 3 aromatic carbocycles. The second-order valence-corrected chi connectivity index (χ2v) is 6.89. The van der Waals surface area contributed by atoms with Gasteiger partial charge in [0.2, 0.25) is 0 Å². The van der Waals surface area contributed by atoms with Gasteiger partial charge in [-0.2, -0.15) is 0 Å². The van der Waals surface area contributed by atoms with Crippen molar-refractivity contribution in [2.24, 2.45) is 7.05 Å². The van der Waals surface area contributed by atoms with E-state index >= 15 is 0 Å². The first-order valence-electron chi connectivity index (χ1n) is 9.24. The zero-order chi connectivity index (χ0) is 19.5. The third-order valence-corrected chi connectivity index (χ3v) is 4.90. The topological polar surface area (TPSA) is 43.3 Å². The van der Waals surface area contributed by atoms with Gasteiger partial charge < -0.3 is 9.30 Å². The first-order valence-corrected chi connectivity index (χ1v) is 9.24. The highest BCUT2D eigenvalue weighted by Crippen LogP contribution is 2.32. The monoisotopic (exact) mass is 370 g/mol. The molecular formula is C24H22N2O2. The van der Waals surface area contributed by atoms with Crippen molar-refractivity contribution in [2.45, 2.75) is 13.5 Å². The maximum Gasteiger partial charge on any atom is 0.411 e. The normalized spacial score (nSPS) is 10.8. The van der Waals surface area contributed by atoms with Crippen LogP contribution in [-0.2, 0) is 18.4 Å². The van der Waals surface area contributed by atoms with Crippen LogP contribution in [-0.4, -0.2) is 10.7 Å². The molecule has 0 atom stereocenters. The smallest absolute Gasteiger partial charge is 0.411 e. The molecule has 1 N–H and O–H groups in total. The first kappa shape index (κ1) is 17.9. The molecule has 4 nitrogen and oxygen atoms in total. The Balaban J connectivity index is 1.56. The van der Waals surface area contributed by atoms with Gasteiger partial charge in [0, 0.05) is 35.4 Å². The Morgan fingerprint density at radius 3 is 2.57 bits per heavy atom. The van der Waals surface area contributed by atoms with Gasteiger partial charge in [-0.25, -0.2) is 4.79 Å². The number of hydrogen-bond donors (Lipinski definition) is 1. The van der Waals surface area contributed by atoms with Gasteiger partial charge in [-0.15, -0.1) is 0 Å². The van der Waals surface area contributed by atoms with Crippen LogP contribution in [0.4, 0.5) is 10.5 Å². The highest BCUT2D eigenvalue weighted by atomic mass is 16.5. The zero-order valence-electron chi connectivity index (χ0n) is 16.0. The van der Waals surface area contributed by atoms with Crippen molar-refractivity contribution in [2.75, 3.05) is 5.32 Å². The molecule has 0 aliphatic rings. The Bertz CT molecular complexity index is 1130. The van der Waals surface area contributed by atoms with Crippen molar-refractivity contribution < 1.29 is 9.53 Å². The Kier molecular flexibility index (Phi) is 4.85. The lowest BCUT2D eigenvalue weighted by atomic mass is 10.0. The molecule has 4 aromatic rings. The summed E-state index contributed by atoms with van der Waals surface area (Å²) in [5.74, 6) is 0. The number of para-hydroxylation sites is 1. The lowest BCUT2D eigenvalue weighted by Crippen LogP contribution is -2.14. The number of aromatic nitrogens is 1. The highest BCUT2D eigenvalue weighted by Gasteiger charge is 2.11. The molecule has 1 amide bonds. The third-order valence-electron chi connectivity index (χ3n) is 4.90. The van der Waals surface area contributed by atoms with Crippen molar-refractivity contribution in [3.63, 3.8) is 0 Å². The van der Waals surface area contributed by atoms with Gasteiger partial charge in [-0.05, 0) is 35.7 Å². The van der Waals surface area contributed by atoms with E-state index in [9.17, 15) is 4.79 Å². The maximum absolute atomic E-state index is 12.3. The second kappa shape index (κ2) is 7.61. The van der Waals surface area contributed by atoms with Crippen LogP contribution in [0.2, 0.25) is 0 Å². The number of benzene rings is 3. The lowest BCUT2D eigenvalue weighted by Gasteiger charge is -2.11. The quantitative estimate of drug-likeness (QED) is 0.486. The summed E-state index contributed by atoms with van der Waals surface area (Å²) in [5.41, 5.74) is 6.07. The van der Waals surface area contributed by atoms with Crippen LogP contribution in [0, 0.1) is 6.92 Å². The molecule has 0 unspecified atom stereocenters. The van der Waals surface area contributed by atoms with E-state index in [1.165, 1.54) is 10.9 Å². The fraction of sp³-hybridized carbons (Fsp3) is 0.125. The molecule has 0 aliphatic heterocycles. The summed E-state index contributed by atoms with van der Waals surface area (Å²) < 4.78 is 7.47. The molecule has 0 saturated carbocycles. The highest BCUT2D eigenvalue weighted by molar-refractivity contribution is 5.97. The summed E-state index contributed by atoms with van der Waals surface area (Å²) in [6, 6.07) is 24.0. The summed E-state index contributed by atoms with van der Waals surface area (Å²) in [6.07, 6.45) is 1.66. The minimum atomic E-state index is -0.456. The van der Waals surface area contributed by atoms with Crippen molar-refractivity contribution >= 4 is 22.7 Å². The summed E-state index contributed by atoms with van der Waals surface area (Å²) >= 11 is 0. The van der Waals surface area contributed by atoms with E-state index in [-0.39, 0.29) is 6.61 Å². The van der Waals surface area contributed by atoms with Gasteiger partial charge >= 0.3 is 6.09 Å². The van der Waals surface area contributed by atoms with Gasteiger partial charge in [-0.3, -0.25) is 5.32 Å². The average Bonchev–Trinajstić information content (AvgIpc) is 3.06. The van der Waals surface area contributed by atoms with Crippen molar-refractivity contribution in [1.82, 2.24) is 4.57 Å². The van der Waals surface area contributed by atoms with E-state index < -0.39 is 6.09 Å². The predicted molar refractivity (Wildman–Crippen MR) is 113 cm³/mol. The maximum atomic E-state index is 12.3. The molecule has 0 aliphatic carbocycles. The van der Waals surface area contributed by atoms with Crippen LogP contribution >= 0.6 is 0 Å². The molecule has 0 bridgehead atoms. The minimum absolute atomic E-state index is 0.245. The van der Waals surface area contributed by atoms with E-state index in [2.05, 4.69) is 34.3 Å². The molecule has 1 heterocycles. The molecule has 0 spiro atoms. The van der Waals surface area contributed by atoms with Crippen LogP contribution in [0.15, 0.2) is 79.0 Å². The van der Waals surface area contributed by atoms with Gasteiger partial charge in [0.05, 0.1) is 0 Å². The molecule has 0 saturated heterocycles. The number of hydrogen-bond acceptors (Lipinski definition) is 2. The zero-order valence-corrected chi connectivity index (χ0v) is 16.0. The number of fused-ring (bicyclic) bond motifs is 1. The molecule has 1 aromatic heterocycles.